The molecule has 4 N–H and O–H groups in total. The van der Waals surface area contributed by atoms with E-state index in [4.69, 9.17) is 11.5 Å². The van der Waals surface area contributed by atoms with Crippen LogP contribution in [0.4, 0.5) is 0 Å². The molecule has 2 heteroatoms. The molecule has 1 saturated carbocycles. The third-order valence-electron chi connectivity index (χ3n) is 4.59. The van der Waals surface area contributed by atoms with Crippen LogP contribution < -0.4 is 11.5 Å². The Labute approximate surface area is 85.0 Å². The molecule has 4 atom stereocenters. The quantitative estimate of drug-likeness (QED) is 0.636. The summed E-state index contributed by atoms with van der Waals surface area (Å²) in [5, 5.41) is 0. The van der Waals surface area contributed by atoms with Crippen LogP contribution in [0.25, 0.3) is 0 Å². The van der Waals surface area contributed by atoms with Gasteiger partial charge >= 0.3 is 0 Å². The van der Waals surface area contributed by atoms with Gasteiger partial charge in [-0.25, -0.2) is 0 Å². The van der Waals surface area contributed by atoms with Crippen molar-refractivity contribution in [3.05, 3.63) is 24.3 Å². The van der Waals surface area contributed by atoms with Gasteiger partial charge in [-0.2, -0.15) is 0 Å². The maximum absolute atomic E-state index is 5.91. The summed E-state index contributed by atoms with van der Waals surface area (Å²) in [5.41, 5.74) is 11.9. The van der Waals surface area contributed by atoms with Crippen molar-refractivity contribution < 1.29 is 0 Å². The summed E-state index contributed by atoms with van der Waals surface area (Å²) in [4.78, 5) is 0. The lowest BCUT2D eigenvalue weighted by molar-refractivity contribution is 0.198. The second kappa shape index (κ2) is 2.71. The maximum atomic E-state index is 5.91. The molecule has 76 valence electrons. The van der Waals surface area contributed by atoms with Gasteiger partial charge in [0.25, 0.3) is 0 Å². The van der Waals surface area contributed by atoms with E-state index in [0.29, 0.717) is 19.0 Å². The van der Waals surface area contributed by atoms with E-state index < -0.39 is 0 Å². The summed E-state index contributed by atoms with van der Waals surface area (Å²) in [6, 6.07) is 0. The standard InChI is InChI=1S/C12H18N2/c13-6-12(7-14)4-3-10-8-1-2-9(5-8)11(10)12/h1-4,8-11H,5-7,13-14H2. The third kappa shape index (κ3) is 0.836. The monoisotopic (exact) mass is 190 g/mol. The molecule has 3 rings (SSSR count). The summed E-state index contributed by atoms with van der Waals surface area (Å²) in [5.74, 6) is 2.96. The minimum atomic E-state index is 0.106. The molecule has 3 aliphatic carbocycles. The first-order valence-corrected chi connectivity index (χ1v) is 5.58. The van der Waals surface area contributed by atoms with Gasteiger partial charge in [0, 0.05) is 18.5 Å². The lowest BCUT2D eigenvalue weighted by Gasteiger charge is -2.36. The maximum Gasteiger partial charge on any atom is 0.0167 e. The fourth-order valence-electron chi connectivity index (χ4n) is 3.84. The zero-order chi connectivity index (χ0) is 9.76. The highest BCUT2D eigenvalue weighted by Crippen LogP contribution is 2.58. The van der Waals surface area contributed by atoms with E-state index >= 15 is 0 Å². The molecule has 1 fully saturated rings. The van der Waals surface area contributed by atoms with Crippen LogP contribution in [0.1, 0.15) is 6.42 Å². The van der Waals surface area contributed by atoms with Gasteiger partial charge in [-0.3, -0.25) is 0 Å². The van der Waals surface area contributed by atoms with Gasteiger partial charge in [-0.05, 0) is 30.1 Å². The first-order valence-electron chi connectivity index (χ1n) is 5.58. The van der Waals surface area contributed by atoms with Crippen molar-refractivity contribution in [3.63, 3.8) is 0 Å². The van der Waals surface area contributed by atoms with Crippen LogP contribution in [0.2, 0.25) is 0 Å². The van der Waals surface area contributed by atoms with Gasteiger partial charge in [-0.15, -0.1) is 0 Å². The zero-order valence-corrected chi connectivity index (χ0v) is 8.39. The topological polar surface area (TPSA) is 52.0 Å². The van der Waals surface area contributed by atoms with Crippen molar-refractivity contribution in [3.8, 4) is 0 Å². The van der Waals surface area contributed by atoms with Crippen LogP contribution in [0.3, 0.4) is 0 Å². The van der Waals surface area contributed by atoms with E-state index in [1.807, 2.05) is 0 Å². The van der Waals surface area contributed by atoms with Crippen LogP contribution in [-0.4, -0.2) is 13.1 Å². The van der Waals surface area contributed by atoms with Crippen molar-refractivity contribution in [1.82, 2.24) is 0 Å². The average Bonchev–Trinajstić information content (AvgIpc) is 2.90. The molecule has 3 aliphatic rings. The van der Waals surface area contributed by atoms with E-state index in [-0.39, 0.29) is 5.41 Å². The Kier molecular flexibility index (Phi) is 1.68. The SMILES string of the molecule is NCC1(CN)C=CC2C3C=CC(C3)C21. The molecule has 0 saturated heterocycles. The first-order chi connectivity index (χ1) is 6.80. The van der Waals surface area contributed by atoms with Crippen molar-refractivity contribution in [2.45, 2.75) is 6.42 Å². The second-order valence-corrected chi connectivity index (χ2v) is 5.05. The molecule has 2 bridgehead atoms. The minimum Gasteiger partial charge on any atom is -0.330 e. The Morgan fingerprint density at radius 2 is 1.79 bits per heavy atom. The van der Waals surface area contributed by atoms with Crippen LogP contribution in [-0.2, 0) is 0 Å². The number of hydrogen-bond acceptors (Lipinski definition) is 2. The fraction of sp³-hybridized carbons (Fsp3) is 0.667. The summed E-state index contributed by atoms with van der Waals surface area (Å²) in [6.45, 7) is 1.41. The number of nitrogens with two attached hydrogens (primary N) is 2. The largest absolute Gasteiger partial charge is 0.330 e. The lowest BCUT2D eigenvalue weighted by Crippen LogP contribution is -2.43. The highest BCUT2D eigenvalue weighted by Gasteiger charge is 2.54. The van der Waals surface area contributed by atoms with E-state index in [1.54, 1.807) is 0 Å². The molecule has 0 amide bonds. The third-order valence-corrected chi connectivity index (χ3v) is 4.59. The van der Waals surface area contributed by atoms with E-state index in [1.165, 1.54) is 6.42 Å². The highest BCUT2D eigenvalue weighted by atomic mass is 14.7. The van der Waals surface area contributed by atoms with Gasteiger partial charge in [-0.1, -0.05) is 24.3 Å². The molecule has 0 heterocycles. The predicted molar refractivity (Wildman–Crippen MR) is 57.4 cm³/mol. The highest BCUT2D eigenvalue weighted by molar-refractivity contribution is 5.28. The van der Waals surface area contributed by atoms with Crippen molar-refractivity contribution in [2.24, 2.45) is 40.6 Å². The Balaban J connectivity index is 1.99. The number of hydrogen-bond donors (Lipinski definition) is 2. The number of allylic oxidation sites excluding steroid dienone is 3. The van der Waals surface area contributed by atoms with Gasteiger partial charge in [0.1, 0.15) is 0 Å². The normalized spacial score (nSPS) is 46.1. The summed E-state index contributed by atoms with van der Waals surface area (Å²) >= 11 is 0. The Hall–Kier alpha value is -0.600. The average molecular weight is 190 g/mol. The molecule has 14 heavy (non-hydrogen) atoms. The van der Waals surface area contributed by atoms with Crippen molar-refractivity contribution in [2.75, 3.05) is 13.1 Å². The molecule has 0 radical (unpaired) electrons. The smallest absolute Gasteiger partial charge is 0.0167 e. The lowest BCUT2D eigenvalue weighted by atomic mass is 9.70. The summed E-state index contributed by atoms with van der Waals surface area (Å²) in [6.07, 6.45) is 10.8. The zero-order valence-electron chi connectivity index (χ0n) is 8.39. The summed E-state index contributed by atoms with van der Waals surface area (Å²) in [7, 11) is 0. The molecule has 0 aromatic carbocycles. The fourth-order valence-corrected chi connectivity index (χ4v) is 3.84. The molecule has 0 aromatic rings. The second-order valence-electron chi connectivity index (χ2n) is 5.05. The van der Waals surface area contributed by atoms with Crippen LogP contribution >= 0.6 is 0 Å². The van der Waals surface area contributed by atoms with Crippen LogP contribution in [0.15, 0.2) is 24.3 Å². The Morgan fingerprint density at radius 3 is 2.50 bits per heavy atom. The number of rotatable bonds is 2. The van der Waals surface area contributed by atoms with Gasteiger partial charge < -0.3 is 11.5 Å². The minimum absolute atomic E-state index is 0.106. The van der Waals surface area contributed by atoms with E-state index in [0.717, 1.165) is 17.8 Å². The molecule has 0 aliphatic heterocycles. The molecular weight excluding hydrogens is 172 g/mol. The summed E-state index contributed by atoms with van der Waals surface area (Å²) < 4.78 is 0. The van der Waals surface area contributed by atoms with Gasteiger partial charge in [0.2, 0.25) is 0 Å². The van der Waals surface area contributed by atoms with Crippen LogP contribution in [0.5, 0.6) is 0 Å². The molecular formula is C12H18N2. The molecule has 4 unspecified atom stereocenters. The Bertz CT molecular complexity index is 301. The van der Waals surface area contributed by atoms with E-state index in [9.17, 15) is 0 Å². The van der Waals surface area contributed by atoms with Crippen LogP contribution in [0, 0.1) is 29.1 Å². The molecule has 0 aromatic heterocycles. The first kappa shape index (κ1) is 8.69. The Morgan fingerprint density at radius 1 is 1.07 bits per heavy atom. The molecule has 0 spiro atoms. The van der Waals surface area contributed by atoms with Gasteiger partial charge in [0.15, 0.2) is 0 Å². The van der Waals surface area contributed by atoms with Gasteiger partial charge in [0.05, 0.1) is 0 Å². The number of fused-ring (bicyclic) bond motifs is 5. The predicted octanol–water partition coefficient (Wildman–Crippen LogP) is 0.898. The van der Waals surface area contributed by atoms with E-state index in [2.05, 4.69) is 24.3 Å². The van der Waals surface area contributed by atoms with Crippen molar-refractivity contribution >= 4 is 0 Å². The van der Waals surface area contributed by atoms with Crippen molar-refractivity contribution in [1.29, 1.82) is 0 Å². The molecule has 2 nitrogen and oxygen atoms in total.